The number of hydrogen-bond donors (Lipinski definition) is 1. The van der Waals surface area contributed by atoms with Crippen molar-refractivity contribution in [2.75, 3.05) is 13.7 Å². The molecule has 0 bridgehead atoms. The highest BCUT2D eigenvalue weighted by atomic mass is 32.1. The molecule has 2 heterocycles. The second-order valence-corrected chi connectivity index (χ2v) is 7.91. The molecule has 33 heavy (non-hydrogen) atoms. The topological polar surface area (TPSA) is 86.3 Å². The quantitative estimate of drug-likeness (QED) is 0.319. The first kappa shape index (κ1) is 21.0. The predicted octanol–water partition coefficient (Wildman–Crippen LogP) is 5.60. The van der Waals surface area contributed by atoms with Crippen molar-refractivity contribution >= 4 is 39.6 Å². The number of nitrogens with one attached hydrogen (secondary N) is 1. The number of nitrogens with zero attached hydrogens (tertiary/aromatic N) is 2. The number of fused-ring (bicyclic) bond motifs is 2. The zero-order chi connectivity index (χ0) is 22.8. The van der Waals surface area contributed by atoms with E-state index in [1.54, 1.807) is 14.0 Å². The van der Waals surface area contributed by atoms with Crippen LogP contribution in [0, 0.1) is 0 Å². The smallest absolute Gasteiger partial charge is 0.355 e. The lowest BCUT2D eigenvalue weighted by Gasteiger charge is -2.12. The monoisotopic (exact) mass is 459 g/mol. The lowest BCUT2D eigenvalue weighted by Crippen LogP contribution is -2.06. The molecule has 0 aliphatic rings. The van der Waals surface area contributed by atoms with Gasteiger partial charge in [0.1, 0.15) is 23.3 Å². The fourth-order valence-electron chi connectivity index (χ4n) is 3.80. The van der Waals surface area contributed by atoms with Crippen LogP contribution in [0.1, 0.15) is 23.0 Å². The summed E-state index contributed by atoms with van der Waals surface area (Å²) in [7, 11) is 1.60. The van der Waals surface area contributed by atoms with E-state index in [4.69, 9.17) is 14.2 Å². The molecular weight excluding hydrogens is 438 g/mol. The third-order valence-electron chi connectivity index (χ3n) is 5.34. The number of carbonyl (C=O) groups is 1. The van der Waals surface area contributed by atoms with Crippen molar-refractivity contribution in [3.8, 4) is 22.6 Å². The number of ether oxygens (including phenoxy) is 3. The van der Waals surface area contributed by atoms with E-state index in [0.29, 0.717) is 23.8 Å². The van der Waals surface area contributed by atoms with E-state index in [0.717, 1.165) is 50.4 Å². The third-order valence-corrected chi connectivity index (χ3v) is 5.90. The number of aromatic amines is 1. The van der Waals surface area contributed by atoms with Crippen molar-refractivity contribution in [3.05, 3.63) is 71.9 Å². The molecule has 0 unspecified atom stereocenters. The first-order valence-electron chi connectivity index (χ1n) is 10.5. The van der Waals surface area contributed by atoms with Crippen LogP contribution in [0.15, 0.2) is 60.7 Å². The minimum absolute atomic E-state index is 0.275. The summed E-state index contributed by atoms with van der Waals surface area (Å²) in [5.74, 6) is 0.729. The highest BCUT2D eigenvalue weighted by Gasteiger charge is 2.23. The first-order chi connectivity index (χ1) is 16.2. The summed E-state index contributed by atoms with van der Waals surface area (Å²) >= 11 is 1.16. The summed E-state index contributed by atoms with van der Waals surface area (Å²) in [5, 5.41) is 0.824. The third kappa shape index (κ3) is 4.01. The van der Waals surface area contributed by atoms with Crippen LogP contribution in [-0.4, -0.2) is 33.4 Å². The van der Waals surface area contributed by atoms with Gasteiger partial charge in [0.2, 0.25) is 0 Å². The molecule has 0 saturated heterocycles. The van der Waals surface area contributed by atoms with Crippen molar-refractivity contribution < 1.29 is 19.0 Å². The average Bonchev–Trinajstić information content (AvgIpc) is 3.46. The van der Waals surface area contributed by atoms with E-state index in [1.165, 1.54) is 0 Å². The van der Waals surface area contributed by atoms with Crippen molar-refractivity contribution in [2.45, 2.75) is 13.5 Å². The van der Waals surface area contributed by atoms with Crippen LogP contribution >= 0.6 is 11.7 Å². The van der Waals surface area contributed by atoms with Gasteiger partial charge in [-0.3, -0.25) is 0 Å². The zero-order valence-corrected chi connectivity index (χ0v) is 18.9. The van der Waals surface area contributed by atoms with Crippen molar-refractivity contribution in [1.29, 1.82) is 0 Å². The van der Waals surface area contributed by atoms with Crippen LogP contribution in [0.4, 0.5) is 0 Å². The molecule has 7 nitrogen and oxygen atoms in total. The molecule has 0 aliphatic heterocycles. The zero-order valence-electron chi connectivity index (χ0n) is 18.1. The summed E-state index contributed by atoms with van der Waals surface area (Å²) in [6.45, 7) is 2.46. The Morgan fingerprint density at radius 2 is 1.82 bits per heavy atom. The van der Waals surface area contributed by atoms with E-state index in [1.807, 2.05) is 60.7 Å². The maximum atomic E-state index is 12.8. The Kier molecular flexibility index (Phi) is 5.66. The van der Waals surface area contributed by atoms with Gasteiger partial charge in [-0.1, -0.05) is 36.4 Å². The molecule has 3 aromatic carbocycles. The molecule has 5 rings (SSSR count). The van der Waals surface area contributed by atoms with Crippen LogP contribution < -0.4 is 9.47 Å². The van der Waals surface area contributed by atoms with E-state index in [-0.39, 0.29) is 6.61 Å². The van der Waals surface area contributed by atoms with E-state index >= 15 is 0 Å². The largest absolute Gasteiger partial charge is 0.493 e. The number of carbonyl (C=O) groups excluding carboxylic acids is 1. The van der Waals surface area contributed by atoms with Crippen molar-refractivity contribution in [3.63, 3.8) is 0 Å². The first-order valence-corrected chi connectivity index (χ1v) is 11.2. The number of esters is 1. The SMILES string of the molecule is CCOC(=O)c1[nH]c2cc(OCc3ccccc3)c(OC)cc2c1-c1ccc2nsnc2c1. The number of benzene rings is 3. The van der Waals surface area contributed by atoms with Crippen LogP contribution in [0.2, 0.25) is 0 Å². The van der Waals surface area contributed by atoms with Gasteiger partial charge in [0, 0.05) is 17.0 Å². The van der Waals surface area contributed by atoms with Crippen LogP contribution in [0.5, 0.6) is 11.5 Å². The molecule has 1 N–H and O–H groups in total. The van der Waals surface area contributed by atoms with Gasteiger partial charge in [0.15, 0.2) is 11.5 Å². The Labute approximate surface area is 194 Å². The molecule has 8 heteroatoms. The highest BCUT2D eigenvalue weighted by Crippen LogP contribution is 2.40. The van der Waals surface area contributed by atoms with Gasteiger partial charge in [-0.25, -0.2) is 4.79 Å². The molecule has 0 atom stereocenters. The highest BCUT2D eigenvalue weighted by molar-refractivity contribution is 7.00. The molecule has 0 aliphatic carbocycles. The number of hydrogen-bond acceptors (Lipinski definition) is 7. The molecular formula is C25H21N3O4S. The standard InChI is InChI=1S/C25H21N3O4S/c1-3-31-25(29)24-23(16-9-10-18-20(11-16)28-33-27-18)17-12-21(30-2)22(13-19(17)26-24)32-14-15-7-5-4-6-8-15/h4-13,26H,3,14H2,1-2H3. The molecule has 5 aromatic rings. The number of rotatable bonds is 7. The number of H-pyrrole nitrogens is 1. The molecule has 0 amide bonds. The molecule has 0 fully saturated rings. The molecule has 166 valence electrons. The van der Waals surface area contributed by atoms with Gasteiger partial charge in [0.25, 0.3) is 0 Å². The second-order valence-electron chi connectivity index (χ2n) is 7.39. The van der Waals surface area contributed by atoms with Gasteiger partial charge >= 0.3 is 5.97 Å². The Hall–Kier alpha value is -3.91. The van der Waals surface area contributed by atoms with E-state index < -0.39 is 5.97 Å². The molecule has 0 spiro atoms. The lowest BCUT2D eigenvalue weighted by molar-refractivity contribution is 0.0521. The number of aromatic nitrogens is 3. The molecule has 0 radical (unpaired) electrons. The van der Waals surface area contributed by atoms with E-state index in [2.05, 4.69) is 13.7 Å². The minimum atomic E-state index is -0.425. The Balaban J connectivity index is 1.64. The summed E-state index contributed by atoms with van der Waals surface area (Å²) in [6, 6.07) is 19.4. The summed E-state index contributed by atoms with van der Waals surface area (Å²) in [4.78, 5) is 16.1. The maximum absolute atomic E-state index is 12.8. The Bertz CT molecular complexity index is 1440. The fourth-order valence-corrected chi connectivity index (χ4v) is 4.32. The molecule has 0 saturated carbocycles. The summed E-state index contributed by atoms with van der Waals surface area (Å²) in [5.41, 5.74) is 5.32. The Morgan fingerprint density at radius 3 is 2.61 bits per heavy atom. The number of methoxy groups -OCH3 is 1. The van der Waals surface area contributed by atoms with Gasteiger partial charge in [-0.05, 0) is 36.2 Å². The summed E-state index contributed by atoms with van der Waals surface area (Å²) in [6.07, 6.45) is 0. The summed E-state index contributed by atoms with van der Waals surface area (Å²) < 4.78 is 25.6. The van der Waals surface area contributed by atoms with Crippen LogP contribution in [-0.2, 0) is 11.3 Å². The normalized spacial score (nSPS) is 11.1. The molecule has 2 aromatic heterocycles. The second kappa shape index (κ2) is 8.91. The van der Waals surface area contributed by atoms with Crippen molar-refractivity contribution in [1.82, 2.24) is 13.7 Å². The van der Waals surface area contributed by atoms with Crippen LogP contribution in [0.3, 0.4) is 0 Å². The fraction of sp³-hybridized carbons (Fsp3) is 0.160. The van der Waals surface area contributed by atoms with Gasteiger partial charge in [-0.15, -0.1) is 0 Å². The van der Waals surface area contributed by atoms with E-state index in [9.17, 15) is 4.79 Å². The minimum Gasteiger partial charge on any atom is -0.493 e. The van der Waals surface area contributed by atoms with Gasteiger partial charge < -0.3 is 19.2 Å². The maximum Gasteiger partial charge on any atom is 0.355 e. The lowest BCUT2D eigenvalue weighted by atomic mass is 10.0. The predicted molar refractivity (Wildman–Crippen MR) is 128 cm³/mol. The van der Waals surface area contributed by atoms with Crippen LogP contribution in [0.25, 0.3) is 33.1 Å². The van der Waals surface area contributed by atoms with Gasteiger partial charge in [-0.2, -0.15) is 8.75 Å². The Morgan fingerprint density at radius 1 is 1.00 bits per heavy atom. The average molecular weight is 460 g/mol. The van der Waals surface area contributed by atoms with Crippen molar-refractivity contribution in [2.24, 2.45) is 0 Å². The van der Waals surface area contributed by atoms with Gasteiger partial charge in [0.05, 0.1) is 31.0 Å².